The summed E-state index contributed by atoms with van der Waals surface area (Å²) in [7, 11) is -0.657. The Morgan fingerprint density at radius 2 is 0.919 bits per heavy atom. The lowest BCUT2D eigenvalue weighted by atomic mass is 9.86. The van der Waals surface area contributed by atoms with Crippen molar-refractivity contribution in [1.82, 2.24) is 0 Å². The topological polar surface area (TPSA) is 40.5 Å². The summed E-state index contributed by atoms with van der Waals surface area (Å²) in [5, 5.41) is 25.2. The summed E-state index contributed by atoms with van der Waals surface area (Å²) in [6, 6.07) is 33.5. The van der Waals surface area contributed by atoms with Gasteiger partial charge in [-0.1, -0.05) is 146 Å². The zero-order chi connectivity index (χ0) is 26.8. The van der Waals surface area contributed by atoms with E-state index in [0.29, 0.717) is 20.7 Å². The van der Waals surface area contributed by atoms with Crippen molar-refractivity contribution in [2.75, 3.05) is 0 Å². The molecule has 0 unspecified atom stereocenters. The van der Waals surface area contributed by atoms with Crippen molar-refractivity contribution in [2.24, 2.45) is 0 Å². The number of phenolic OH excluding ortho intramolecular Hbond substituents is 2. The van der Waals surface area contributed by atoms with Crippen LogP contribution in [0.1, 0.15) is 69.3 Å². The highest BCUT2D eigenvalue weighted by molar-refractivity contribution is 7.97. The number of phenols is 2. The van der Waals surface area contributed by atoms with Crippen molar-refractivity contribution >= 4 is 27.3 Å². The highest BCUT2D eigenvalue weighted by Gasteiger charge is 2.31. The van der Waals surface area contributed by atoms with Crippen LogP contribution in [0.25, 0.3) is 0 Å². The van der Waals surface area contributed by atoms with Crippen molar-refractivity contribution in [2.45, 2.75) is 57.9 Å². The van der Waals surface area contributed by atoms with E-state index in [4.69, 9.17) is 0 Å². The van der Waals surface area contributed by atoms with Crippen molar-refractivity contribution < 1.29 is 10.2 Å². The van der Waals surface area contributed by atoms with E-state index in [-0.39, 0.29) is 16.4 Å². The third-order valence-electron chi connectivity index (χ3n) is 6.65. The Kier molecular flexibility index (Phi) is 7.97. The lowest BCUT2D eigenvalue weighted by Gasteiger charge is -2.30. The van der Waals surface area contributed by atoms with Crippen LogP contribution in [-0.2, 0) is 10.8 Å². The number of aromatic hydroxyl groups is 2. The first-order valence-electron chi connectivity index (χ1n) is 12.8. The van der Waals surface area contributed by atoms with Crippen LogP contribution < -0.4 is 10.6 Å². The number of hydrogen-bond acceptors (Lipinski definition) is 2. The number of hydrogen-bond donors (Lipinski definition) is 2. The van der Waals surface area contributed by atoms with Gasteiger partial charge in [-0.05, 0) is 33.1 Å². The van der Waals surface area contributed by atoms with Crippen molar-refractivity contribution in [1.29, 1.82) is 0 Å². The third kappa shape index (κ3) is 6.00. The Balaban J connectivity index is 1.95. The monoisotopic (exact) mass is 524 g/mol. The predicted octanol–water partition coefficient (Wildman–Crippen LogP) is 7.53. The Hall–Kier alpha value is -2.87. The second kappa shape index (κ2) is 10.9. The Labute approximate surface area is 225 Å². The minimum absolute atomic E-state index is 0.142. The fourth-order valence-corrected chi connectivity index (χ4v) is 10.9. The van der Waals surface area contributed by atoms with Crippen molar-refractivity contribution in [3.63, 3.8) is 0 Å². The molecule has 2 nitrogen and oxygen atoms in total. The molecule has 4 aromatic rings. The first kappa shape index (κ1) is 27.2. The van der Waals surface area contributed by atoms with Gasteiger partial charge in [-0.25, -0.2) is 0 Å². The zero-order valence-electron chi connectivity index (χ0n) is 22.7. The van der Waals surface area contributed by atoms with E-state index in [2.05, 4.69) is 126 Å². The molecule has 0 atom stereocenters. The highest BCUT2D eigenvalue weighted by Crippen LogP contribution is 2.46. The summed E-state index contributed by atoms with van der Waals surface area (Å²) in [5.41, 5.74) is 4.11. The van der Waals surface area contributed by atoms with Crippen LogP contribution in [0, 0.1) is 0 Å². The highest BCUT2D eigenvalue weighted by atomic mass is 31.4. The Morgan fingerprint density at radius 1 is 0.541 bits per heavy atom. The summed E-state index contributed by atoms with van der Waals surface area (Å²) in [5.74, 6) is 0.711. The molecule has 190 valence electrons. The van der Waals surface area contributed by atoms with E-state index in [1.165, 1.54) is 11.1 Å². The Bertz CT molecular complexity index is 1240. The maximum Gasteiger partial charge on any atom is 0.126 e. The van der Waals surface area contributed by atoms with Gasteiger partial charge in [-0.2, -0.15) is 0 Å². The molecule has 4 aromatic carbocycles. The van der Waals surface area contributed by atoms with Crippen LogP contribution >= 0.6 is 7.47 Å². The van der Waals surface area contributed by atoms with Gasteiger partial charge < -0.3 is 10.2 Å². The lowest BCUT2D eigenvalue weighted by molar-refractivity contribution is 0.450. The van der Waals surface area contributed by atoms with Gasteiger partial charge in [-0.3, -0.25) is 0 Å². The molecular weight excluding hydrogens is 487 g/mol. The summed E-state index contributed by atoms with van der Waals surface area (Å²) in [6.07, 6.45) is 0. The van der Waals surface area contributed by atoms with Gasteiger partial charge >= 0.3 is 0 Å². The largest absolute Gasteiger partial charge is 0.507 e. The van der Waals surface area contributed by atoms with Gasteiger partial charge in [0, 0.05) is 16.2 Å². The average Bonchev–Trinajstić information content (AvgIpc) is 2.85. The third-order valence-corrected chi connectivity index (χ3v) is 12.5. The number of para-hydroxylation sites is 2. The maximum absolute atomic E-state index is 11.7. The SMILES string of the molecule is CC(C)(C)c1cccc(P([Si]C(c2ccccc2)c2ccccc2)c2cccc(C(C)(C)C)c2O)c1O. The van der Waals surface area contributed by atoms with Crippen LogP contribution in [0.15, 0.2) is 97.1 Å². The molecule has 0 amide bonds. The van der Waals surface area contributed by atoms with Gasteiger partial charge in [0.15, 0.2) is 0 Å². The minimum atomic E-state index is -1.08. The van der Waals surface area contributed by atoms with Crippen molar-refractivity contribution in [3.05, 3.63) is 119 Å². The molecule has 0 aliphatic heterocycles. The lowest BCUT2D eigenvalue weighted by Crippen LogP contribution is -2.25. The van der Waals surface area contributed by atoms with E-state index in [1.54, 1.807) is 0 Å². The van der Waals surface area contributed by atoms with E-state index < -0.39 is 7.47 Å². The quantitative estimate of drug-likeness (QED) is 0.202. The summed E-state index contributed by atoms with van der Waals surface area (Å²) < 4.78 is 0. The second-order valence-corrected chi connectivity index (χ2v) is 16.2. The molecule has 0 aromatic heterocycles. The molecule has 4 rings (SSSR count). The van der Waals surface area contributed by atoms with Crippen LogP contribution in [0.5, 0.6) is 11.5 Å². The van der Waals surface area contributed by atoms with E-state index in [1.807, 2.05) is 12.1 Å². The summed E-state index contributed by atoms with van der Waals surface area (Å²) in [6.45, 7) is 12.8. The smallest absolute Gasteiger partial charge is 0.126 e. The fraction of sp³-hybridized carbons (Fsp3) is 0.273. The molecule has 37 heavy (non-hydrogen) atoms. The molecule has 0 saturated carbocycles. The van der Waals surface area contributed by atoms with Crippen LogP contribution in [0.3, 0.4) is 0 Å². The van der Waals surface area contributed by atoms with Gasteiger partial charge in [0.05, 0.1) is 0 Å². The summed E-state index contributed by atoms with van der Waals surface area (Å²) >= 11 is 0. The average molecular weight is 525 g/mol. The van der Waals surface area contributed by atoms with Crippen LogP contribution in [-0.4, -0.2) is 19.4 Å². The molecule has 4 heteroatoms. The summed E-state index contributed by atoms with van der Waals surface area (Å²) in [4.78, 5) is 0. The van der Waals surface area contributed by atoms with Crippen molar-refractivity contribution in [3.8, 4) is 11.5 Å². The molecule has 2 radical (unpaired) electrons. The molecule has 0 aliphatic rings. The minimum Gasteiger partial charge on any atom is -0.507 e. The van der Waals surface area contributed by atoms with Gasteiger partial charge in [0.1, 0.15) is 20.7 Å². The zero-order valence-corrected chi connectivity index (χ0v) is 24.6. The molecular formula is C33H37O2PSi. The fourth-order valence-electron chi connectivity index (χ4n) is 4.66. The molecule has 0 saturated heterocycles. The molecule has 0 aliphatic carbocycles. The maximum atomic E-state index is 11.7. The molecule has 0 spiro atoms. The first-order valence-corrected chi connectivity index (χ1v) is 16.1. The standard InChI is InChI=1S/C33H37O2PSi/c1-32(2,3)25-19-13-21-27(29(25)34)36(28-22-14-20-26(30(28)35)33(4,5)6)37-31(23-15-9-7-10-16-23)24-17-11-8-12-18-24/h7-22,31,34-35H,1-6H3. The molecule has 0 fully saturated rings. The second-order valence-electron chi connectivity index (χ2n) is 11.6. The van der Waals surface area contributed by atoms with E-state index >= 15 is 0 Å². The first-order chi connectivity index (χ1) is 17.5. The molecule has 0 bridgehead atoms. The van der Waals surface area contributed by atoms with Crippen LogP contribution in [0.2, 0.25) is 0 Å². The molecule has 0 heterocycles. The van der Waals surface area contributed by atoms with Gasteiger partial charge in [0.2, 0.25) is 0 Å². The molecule has 2 N–H and O–H groups in total. The van der Waals surface area contributed by atoms with Gasteiger partial charge in [0.25, 0.3) is 0 Å². The van der Waals surface area contributed by atoms with Gasteiger partial charge in [-0.15, -0.1) is 0 Å². The van der Waals surface area contributed by atoms with E-state index in [0.717, 1.165) is 21.7 Å². The number of rotatable bonds is 6. The number of benzene rings is 4. The van der Waals surface area contributed by atoms with Crippen LogP contribution in [0.4, 0.5) is 0 Å². The Morgan fingerprint density at radius 3 is 1.27 bits per heavy atom. The predicted molar refractivity (Wildman–Crippen MR) is 160 cm³/mol. The van der Waals surface area contributed by atoms with E-state index in [9.17, 15) is 10.2 Å². The normalized spacial score (nSPS) is 12.3.